The molecule has 0 atom stereocenters. The molecular weight excluding hydrogens is 464 g/mol. The van der Waals surface area contributed by atoms with Crippen molar-refractivity contribution in [1.82, 2.24) is 14.9 Å². The van der Waals surface area contributed by atoms with Crippen LogP contribution in [0, 0.1) is 11.3 Å². The van der Waals surface area contributed by atoms with Crippen molar-refractivity contribution >= 4 is 29.9 Å². The summed E-state index contributed by atoms with van der Waals surface area (Å²) in [6, 6.07) is 5.27. The zero-order valence-electron chi connectivity index (χ0n) is 20.2. The number of fused-ring (bicyclic) bond motifs is 1. The Morgan fingerprint density at radius 1 is 1.33 bits per heavy atom. The van der Waals surface area contributed by atoms with Crippen LogP contribution in [0.3, 0.4) is 0 Å². The van der Waals surface area contributed by atoms with Crippen LogP contribution in [0.25, 0.3) is 0 Å². The second-order valence-corrected chi connectivity index (χ2v) is 8.62. The fourth-order valence-electron chi connectivity index (χ4n) is 4.36. The number of carbonyl (C=O) groups is 3. The third-order valence-corrected chi connectivity index (χ3v) is 6.22. The summed E-state index contributed by atoms with van der Waals surface area (Å²) in [6.07, 6.45) is 4.88. The normalized spacial score (nSPS) is 15.3. The van der Waals surface area contributed by atoms with Gasteiger partial charge in [-0.15, -0.1) is 0 Å². The van der Waals surface area contributed by atoms with Crippen LogP contribution in [-0.4, -0.2) is 73.1 Å². The van der Waals surface area contributed by atoms with Crippen LogP contribution in [0.15, 0.2) is 18.3 Å². The summed E-state index contributed by atoms with van der Waals surface area (Å²) < 4.78 is 10.3. The number of aromatic nitrogens is 2. The number of hydrogen-bond donors (Lipinski definition) is 1. The highest BCUT2D eigenvalue weighted by atomic mass is 16.5. The molecular formula is C25H28N6O5. The first-order valence-electron chi connectivity index (χ1n) is 11.8. The van der Waals surface area contributed by atoms with Gasteiger partial charge in [0.1, 0.15) is 30.0 Å². The van der Waals surface area contributed by atoms with E-state index < -0.39 is 6.03 Å². The third-order valence-electron chi connectivity index (χ3n) is 6.22. The van der Waals surface area contributed by atoms with E-state index in [0.717, 1.165) is 24.0 Å². The summed E-state index contributed by atoms with van der Waals surface area (Å²) in [7, 11) is 1.62. The van der Waals surface area contributed by atoms with Gasteiger partial charge < -0.3 is 14.4 Å². The Bertz CT molecular complexity index is 1190. The molecule has 2 aromatic heterocycles. The lowest BCUT2D eigenvalue weighted by Gasteiger charge is -2.30. The predicted octanol–water partition coefficient (Wildman–Crippen LogP) is 2.08. The number of aldehydes is 1. The van der Waals surface area contributed by atoms with Crippen molar-refractivity contribution in [2.75, 3.05) is 50.2 Å². The molecule has 0 radical (unpaired) electrons. The number of carbonyl (C=O) groups excluding carboxylic acids is 3. The number of hydrogen-bond acceptors (Lipinski definition) is 8. The molecule has 4 heterocycles. The average Bonchev–Trinajstić information content (AvgIpc) is 2.89. The van der Waals surface area contributed by atoms with Gasteiger partial charge in [-0.2, -0.15) is 5.26 Å². The number of ether oxygens (including phenoxy) is 2. The van der Waals surface area contributed by atoms with Crippen LogP contribution in [0.1, 0.15) is 45.6 Å². The zero-order chi connectivity index (χ0) is 25.5. The molecule has 0 bridgehead atoms. The van der Waals surface area contributed by atoms with Crippen LogP contribution in [0.4, 0.5) is 16.4 Å². The molecule has 3 amide bonds. The lowest BCUT2D eigenvalue weighted by Crippen LogP contribution is -2.42. The molecule has 11 heteroatoms. The number of nitrogens with zero attached hydrogens (tertiary/aromatic N) is 5. The minimum absolute atomic E-state index is 0.0280. The molecule has 11 nitrogen and oxygen atoms in total. The van der Waals surface area contributed by atoms with Crippen molar-refractivity contribution in [1.29, 1.82) is 5.26 Å². The van der Waals surface area contributed by atoms with Crippen LogP contribution < -0.4 is 10.2 Å². The molecule has 0 aromatic carbocycles. The van der Waals surface area contributed by atoms with E-state index in [1.807, 2.05) is 6.07 Å². The van der Waals surface area contributed by atoms with Gasteiger partial charge in [0, 0.05) is 45.1 Å². The topological polar surface area (TPSA) is 138 Å². The largest absolute Gasteiger partial charge is 0.385 e. The molecule has 0 aliphatic carbocycles. The smallest absolute Gasteiger partial charge is 0.328 e. The molecule has 0 saturated carbocycles. The Kier molecular flexibility index (Phi) is 8.20. The van der Waals surface area contributed by atoms with E-state index >= 15 is 0 Å². The Hall–Kier alpha value is -3.88. The second kappa shape index (κ2) is 11.7. The van der Waals surface area contributed by atoms with Crippen LogP contribution in [0.5, 0.6) is 0 Å². The van der Waals surface area contributed by atoms with E-state index in [1.165, 1.54) is 11.1 Å². The number of amides is 3. The number of morpholine rings is 1. The first-order valence-corrected chi connectivity index (χ1v) is 11.8. The Labute approximate surface area is 209 Å². The molecule has 0 unspecified atom stereocenters. The van der Waals surface area contributed by atoms with E-state index in [0.29, 0.717) is 68.2 Å². The van der Waals surface area contributed by atoms with Gasteiger partial charge in [0.05, 0.1) is 12.2 Å². The molecule has 2 aromatic rings. The van der Waals surface area contributed by atoms with E-state index in [2.05, 4.69) is 21.4 Å². The molecule has 2 aliphatic heterocycles. The molecule has 4 rings (SSSR count). The number of rotatable bonds is 8. The Morgan fingerprint density at radius 3 is 2.94 bits per heavy atom. The number of anilines is 2. The van der Waals surface area contributed by atoms with Crippen LogP contribution in [-0.2, 0) is 33.7 Å². The van der Waals surface area contributed by atoms with Gasteiger partial charge in [-0.05, 0) is 48.9 Å². The highest BCUT2D eigenvalue weighted by Gasteiger charge is 2.27. The first-order chi connectivity index (χ1) is 17.5. The van der Waals surface area contributed by atoms with Crippen molar-refractivity contribution in [3.63, 3.8) is 0 Å². The van der Waals surface area contributed by atoms with E-state index in [1.54, 1.807) is 18.1 Å². The molecule has 0 spiro atoms. The SMILES string of the molecule is COCCCc1cc(NC(=O)N2CCCc3cc(CN4CCOCC4=O)c(C=O)nc32)ncc1C#N. The van der Waals surface area contributed by atoms with Gasteiger partial charge in [0.25, 0.3) is 0 Å². The fourth-order valence-corrected chi connectivity index (χ4v) is 4.36. The highest BCUT2D eigenvalue weighted by molar-refractivity contribution is 6.01. The van der Waals surface area contributed by atoms with E-state index in [4.69, 9.17) is 9.47 Å². The number of nitriles is 1. The monoisotopic (exact) mass is 492 g/mol. The van der Waals surface area contributed by atoms with E-state index in [-0.39, 0.29) is 24.8 Å². The van der Waals surface area contributed by atoms with Gasteiger partial charge in [0.2, 0.25) is 5.91 Å². The van der Waals surface area contributed by atoms with Crippen molar-refractivity contribution < 1.29 is 23.9 Å². The maximum Gasteiger partial charge on any atom is 0.328 e. The summed E-state index contributed by atoms with van der Waals surface area (Å²) in [5.74, 6) is 0.622. The number of nitrogens with one attached hydrogen (secondary N) is 1. The van der Waals surface area contributed by atoms with Gasteiger partial charge in [-0.1, -0.05) is 0 Å². The maximum absolute atomic E-state index is 13.2. The van der Waals surface area contributed by atoms with Gasteiger partial charge in [-0.25, -0.2) is 14.8 Å². The third kappa shape index (κ3) is 5.67. The molecule has 1 fully saturated rings. The molecule has 1 N–H and O–H groups in total. The summed E-state index contributed by atoms with van der Waals surface area (Å²) in [5.41, 5.74) is 2.92. The summed E-state index contributed by atoms with van der Waals surface area (Å²) in [5, 5.41) is 12.2. The first kappa shape index (κ1) is 25.2. The minimum atomic E-state index is -0.420. The summed E-state index contributed by atoms with van der Waals surface area (Å²) in [6.45, 7) is 2.19. The quantitative estimate of drug-likeness (QED) is 0.437. The summed E-state index contributed by atoms with van der Waals surface area (Å²) >= 11 is 0. The fraction of sp³-hybridized carbons (Fsp3) is 0.440. The molecule has 1 saturated heterocycles. The van der Waals surface area contributed by atoms with E-state index in [9.17, 15) is 19.6 Å². The highest BCUT2D eigenvalue weighted by Crippen LogP contribution is 2.28. The average molecular weight is 493 g/mol. The second-order valence-electron chi connectivity index (χ2n) is 8.62. The zero-order valence-corrected chi connectivity index (χ0v) is 20.2. The maximum atomic E-state index is 13.2. The lowest BCUT2D eigenvalue weighted by atomic mass is 10.0. The van der Waals surface area contributed by atoms with Crippen LogP contribution >= 0.6 is 0 Å². The molecule has 2 aliphatic rings. The molecule has 188 valence electrons. The van der Waals surface area contributed by atoms with Gasteiger partial charge >= 0.3 is 6.03 Å². The van der Waals surface area contributed by atoms with Crippen molar-refractivity contribution in [2.24, 2.45) is 0 Å². The Morgan fingerprint density at radius 2 is 2.19 bits per heavy atom. The standard InChI is InChI=1S/C25H28N6O5/c1-35-8-3-5-17-11-22(27-13-20(17)12-26)29-25(34)31-6-2-4-18-10-19(21(15-32)28-24(18)31)14-30-7-9-36-16-23(30)33/h10-11,13,15H,2-9,14,16H2,1H3,(H,27,29,34). The number of aryl methyl sites for hydroxylation is 2. The Balaban J connectivity index is 1.54. The lowest BCUT2D eigenvalue weighted by molar-refractivity contribution is -0.143. The number of pyridine rings is 2. The number of methoxy groups -OCH3 is 1. The van der Waals surface area contributed by atoms with Crippen LogP contribution in [0.2, 0.25) is 0 Å². The van der Waals surface area contributed by atoms with Crippen molar-refractivity contribution in [3.8, 4) is 6.07 Å². The van der Waals surface area contributed by atoms with Crippen molar-refractivity contribution in [3.05, 3.63) is 46.3 Å². The minimum Gasteiger partial charge on any atom is -0.385 e. The van der Waals surface area contributed by atoms with Crippen molar-refractivity contribution in [2.45, 2.75) is 32.2 Å². The number of urea groups is 1. The van der Waals surface area contributed by atoms with Gasteiger partial charge in [0.15, 0.2) is 6.29 Å². The van der Waals surface area contributed by atoms with Gasteiger partial charge in [-0.3, -0.25) is 19.8 Å². The predicted molar refractivity (Wildman–Crippen MR) is 130 cm³/mol. The summed E-state index contributed by atoms with van der Waals surface area (Å²) in [4.78, 5) is 49.1. The molecule has 36 heavy (non-hydrogen) atoms.